The maximum absolute atomic E-state index is 4.31. The Morgan fingerprint density at radius 2 is 2.15 bits per heavy atom. The summed E-state index contributed by atoms with van der Waals surface area (Å²) in [7, 11) is 0.905. The van der Waals surface area contributed by atoms with Crippen molar-refractivity contribution in [3.63, 3.8) is 0 Å². The summed E-state index contributed by atoms with van der Waals surface area (Å²) in [4.78, 5) is 4.31. The number of hydrogen-bond donors (Lipinski definition) is 0. The van der Waals surface area contributed by atoms with Gasteiger partial charge in [-0.3, -0.25) is 4.98 Å². The van der Waals surface area contributed by atoms with Crippen LogP contribution in [0.1, 0.15) is 32.6 Å². The molecule has 2 heteroatoms. The minimum absolute atomic E-state index is 0.905. The summed E-state index contributed by atoms with van der Waals surface area (Å²) >= 11 is 0. The minimum atomic E-state index is 0.905. The Bertz CT molecular complexity index is 211. The van der Waals surface area contributed by atoms with Crippen LogP contribution >= 0.6 is 8.58 Å². The first-order chi connectivity index (χ1) is 6.43. The quantitative estimate of drug-likeness (QED) is 0.502. The summed E-state index contributed by atoms with van der Waals surface area (Å²) in [5.41, 5.74) is 1.26. The van der Waals surface area contributed by atoms with E-state index in [-0.39, 0.29) is 0 Å². The maximum Gasteiger partial charge on any atom is 0.0600 e. The molecular weight excluding hydrogens is 177 g/mol. The largest absolute Gasteiger partial charge is 0.257 e. The molecule has 0 saturated carbocycles. The second kappa shape index (κ2) is 7.03. The number of nitrogens with zero attached hydrogens (tertiary/aromatic N) is 1. The first-order valence-corrected chi connectivity index (χ1v) is 6.29. The number of pyridine rings is 1. The van der Waals surface area contributed by atoms with Crippen LogP contribution in [0.3, 0.4) is 0 Å². The third-order valence-electron chi connectivity index (χ3n) is 2.00. The molecule has 0 bridgehead atoms. The zero-order chi connectivity index (χ0) is 9.36. The lowest BCUT2D eigenvalue weighted by atomic mass is 10.2. The number of hydrogen-bond acceptors (Lipinski definition) is 1. The van der Waals surface area contributed by atoms with Crippen molar-refractivity contribution >= 4 is 14.0 Å². The van der Waals surface area contributed by atoms with Crippen molar-refractivity contribution in [2.75, 3.05) is 6.16 Å². The fourth-order valence-corrected chi connectivity index (χ4v) is 2.30. The van der Waals surface area contributed by atoms with E-state index in [2.05, 4.69) is 24.0 Å². The predicted molar refractivity (Wildman–Crippen MR) is 61.2 cm³/mol. The van der Waals surface area contributed by atoms with E-state index in [1.165, 1.54) is 37.3 Å². The van der Waals surface area contributed by atoms with Crippen molar-refractivity contribution in [3.8, 4) is 0 Å². The van der Waals surface area contributed by atoms with Crippen LogP contribution in [0.15, 0.2) is 24.4 Å². The molecule has 0 aromatic carbocycles. The Morgan fingerprint density at radius 1 is 1.23 bits per heavy atom. The normalized spacial score (nSPS) is 11.2. The highest BCUT2D eigenvalue weighted by Crippen LogP contribution is 2.12. The summed E-state index contributed by atoms with van der Waals surface area (Å²) < 4.78 is 0. The summed E-state index contributed by atoms with van der Waals surface area (Å²) in [6.45, 7) is 2.25. The number of rotatable bonds is 6. The molecule has 1 atom stereocenters. The van der Waals surface area contributed by atoms with Gasteiger partial charge in [0.25, 0.3) is 0 Å². The molecule has 0 N–H and O–H groups in total. The highest BCUT2D eigenvalue weighted by molar-refractivity contribution is 7.46. The fourth-order valence-electron chi connectivity index (χ4n) is 1.24. The second-order valence-electron chi connectivity index (χ2n) is 3.20. The van der Waals surface area contributed by atoms with Gasteiger partial charge in [0.1, 0.15) is 0 Å². The zero-order valence-corrected chi connectivity index (χ0v) is 9.29. The summed E-state index contributed by atoms with van der Waals surface area (Å²) in [6, 6.07) is 6.17. The van der Waals surface area contributed by atoms with E-state index < -0.39 is 0 Å². The monoisotopic (exact) mass is 195 g/mol. The maximum atomic E-state index is 4.31. The molecule has 1 unspecified atom stereocenters. The molecule has 0 aliphatic carbocycles. The number of unbranched alkanes of at least 4 members (excludes halogenated alkanes) is 3. The molecule has 13 heavy (non-hydrogen) atoms. The Morgan fingerprint density at radius 3 is 2.85 bits per heavy atom. The van der Waals surface area contributed by atoms with Gasteiger partial charge in [0.15, 0.2) is 0 Å². The third-order valence-corrected chi connectivity index (χ3v) is 3.26. The van der Waals surface area contributed by atoms with Crippen LogP contribution in [0.4, 0.5) is 0 Å². The smallest absolute Gasteiger partial charge is 0.0600 e. The highest BCUT2D eigenvalue weighted by atomic mass is 31.1. The van der Waals surface area contributed by atoms with Crippen molar-refractivity contribution in [1.82, 2.24) is 4.98 Å². The lowest BCUT2D eigenvalue weighted by Gasteiger charge is -1.99. The van der Waals surface area contributed by atoms with E-state index >= 15 is 0 Å². The lowest BCUT2D eigenvalue weighted by molar-refractivity contribution is 0.706. The van der Waals surface area contributed by atoms with Crippen LogP contribution in [-0.4, -0.2) is 11.1 Å². The van der Waals surface area contributed by atoms with Crippen LogP contribution in [0.2, 0.25) is 0 Å². The van der Waals surface area contributed by atoms with E-state index in [0.29, 0.717) is 0 Å². The van der Waals surface area contributed by atoms with E-state index in [9.17, 15) is 0 Å². The van der Waals surface area contributed by atoms with Crippen LogP contribution in [0.25, 0.3) is 0 Å². The van der Waals surface area contributed by atoms with Crippen LogP contribution in [0.5, 0.6) is 0 Å². The molecular formula is C11H18NP. The molecule has 1 aromatic heterocycles. The molecule has 0 spiro atoms. The SMILES string of the molecule is CCCCCCPc1ccccn1. The highest BCUT2D eigenvalue weighted by Gasteiger charge is 1.92. The van der Waals surface area contributed by atoms with Gasteiger partial charge in [0.05, 0.1) is 5.44 Å². The summed E-state index contributed by atoms with van der Waals surface area (Å²) in [5, 5.41) is 0. The van der Waals surface area contributed by atoms with Gasteiger partial charge in [-0.15, -0.1) is 0 Å². The van der Waals surface area contributed by atoms with Gasteiger partial charge in [-0.1, -0.05) is 40.8 Å². The molecule has 0 aliphatic heterocycles. The molecule has 72 valence electrons. The first kappa shape index (κ1) is 10.7. The Labute approximate surface area is 82.8 Å². The van der Waals surface area contributed by atoms with Gasteiger partial charge in [-0.2, -0.15) is 0 Å². The molecule has 0 aliphatic rings. The van der Waals surface area contributed by atoms with Crippen molar-refractivity contribution in [3.05, 3.63) is 24.4 Å². The minimum Gasteiger partial charge on any atom is -0.257 e. The molecule has 1 nitrogen and oxygen atoms in total. The van der Waals surface area contributed by atoms with Crippen LogP contribution in [0, 0.1) is 0 Å². The molecule has 1 rings (SSSR count). The molecule has 0 fully saturated rings. The van der Waals surface area contributed by atoms with Crippen LogP contribution in [-0.2, 0) is 0 Å². The Kier molecular flexibility index (Phi) is 5.76. The van der Waals surface area contributed by atoms with Gasteiger partial charge < -0.3 is 0 Å². The van der Waals surface area contributed by atoms with Gasteiger partial charge in [0.2, 0.25) is 0 Å². The van der Waals surface area contributed by atoms with Gasteiger partial charge in [-0.05, 0) is 24.7 Å². The summed E-state index contributed by atoms with van der Waals surface area (Å²) in [6.07, 6.45) is 8.66. The average molecular weight is 195 g/mol. The van der Waals surface area contributed by atoms with Gasteiger partial charge in [-0.25, -0.2) is 0 Å². The standard InChI is InChI=1S/C11H18NP/c1-2-3-4-7-10-13-11-8-5-6-9-12-11/h5-6,8-9,13H,2-4,7,10H2,1H3. The molecule has 1 aromatic rings. The molecule has 0 saturated heterocycles. The fraction of sp³-hybridized carbons (Fsp3) is 0.545. The van der Waals surface area contributed by atoms with Crippen molar-refractivity contribution in [2.45, 2.75) is 32.6 Å². The first-order valence-electron chi connectivity index (χ1n) is 5.08. The topological polar surface area (TPSA) is 12.9 Å². The van der Waals surface area contributed by atoms with E-state index in [4.69, 9.17) is 0 Å². The summed E-state index contributed by atoms with van der Waals surface area (Å²) in [5.74, 6) is 0. The Balaban J connectivity index is 2.07. The molecule has 0 amide bonds. The van der Waals surface area contributed by atoms with E-state index in [0.717, 1.165) is 8.58 Å². The zero-order valence-electron chi connectivity index (χ0n) is 8.29. The van der Waals surface area contributed by atoms with Crippen molar-refractivity contribution < 1.29 is 0 Å². The molecule has 1 heterocycles. The Hall–Kier alpha value is -0.420. The number of aromatic nitrogens is 1. The van der Waals surface area contributed by atoms with E-state index in [1.807, 2.05) is 12.3 Å². The van der Waals surface area contributed by atoms with Crippen molar-refractivity contribution in [2.24, 2.45) is 0 Å². The van der Waals surface area contributed by atoms with Crippen LogP contribution < -0.4 is 5.44 Å². The third kappa shape index (κ3) is 5.00. The second-order valence-corrected chi connectivity index (χ2v) is 4.57. The van der Waals surface area contributed by atoms with Gasteiger partial charge in [0, 0.05) is 6.20 Å². The van der Waals surface area contributed by atoms with E-state index in [1.54, 1.807) is 0 Å². The lowest BCUT2D eigenvalue weighted by Crippen LogP contribution is -1.99. The average Bonchev–Trinajstić information content (AvgIpc) is 2.19. The van der Waals surface area contributed by atoms with Crippen molar-refractivity contribution in [1.29, 1.82) is 0 Å². The molecule has 0 radical (unpaired) electrons. The predicted octanol–water partition coefficient (Wildman–Crippen LogP) is 2.97. The van der Waals surface area contributed by atoms with Gasteiger partial charge >= 0.3 is 0 Å².